The van der Waals surface area contributed by atoms with Gasteiger partial charge in [0.25, 0.3) is 5.91 Å². The summed E-state index contributed by atoms with van der Waals surface area (Å²) in [7, 11) is 0. The Bertz CT molecular complexity index is 735. The number of nitrogens with zero attached hydrogens (tertiary/aromatic N) is 1. The molecule has 3 rings (SSSR count). The molecule has 2 aliphatic rings. The molecule has 0 radical (unpaired) electrons. The van der Waals surface area contributed by atoms with Crippen LogP contribution in [-0.4, -0.2) is 41.6 Å². The Morgan fingerprint density at radius 3 is 2.56 bits per heavy atom. The number of halogens is 1. The third kappa shape index (κ3) is 4.19. The van der Waals surface area contributed by atoms with Gasteiger partial charge in [-0.2, -0.15) is 11.8 Å². The van der Waals surface area contributed by atoms with E-state index in [9.17, 15) is 9.18 Å². The molecule has 3 atom stereocenters. The molecule has 0 spiro atoms. The Hall–Kier alpha value is -1.85. The van der Waals surface area contributed by atoms with Crippen molar-refractivity contribution in [2.75, 3.05) is 19.4 Å². The molecule has 0 aliphatic carbocycles. The van der Waals surface area contributed by atoms with Crippen molar-refractivity contribution in [2.45, 2.75) is 36.7 Å². The smallest absolute Gasteiger partial charge is 0.252 e. The molecule has 0 saturated carbocycles. The summed E-state index contributed by atoms with van der Waals surface area (Å²) >= 11 is 1.78. The molecule has 1 unspecified atom stereocenters. The molecule has 144 valence electrons. The molecule has 0 bridgehead atoms. The number of ether oxygens (including phenoxy) is 1. The number of hydrogen-bond acceptors (Lipinski definition) is 3. The first kappa shape index (κ1) is 19.9. The van der Waals surface area contributed by atoms with Crippen LogP contribution in [0.1, 0.15) is 30.9 Å². The van der Waals surface area contributed by atoms with Crippen molar-refractivity contribution >= 4 is 17.7 Å². The van der Waals surface area contributed by atoms with E-state index in [0.29, 0.717) is 18.4 Å². The van der Waals surface area contributed by atoms with Gasteiger partial charge in [0.1, 0.15) is 11.9 Å². The van der Waals surface area contributed by atoms with Crippen LogP contribution < -0.4 is 0 Å². The van der Waals surface area contributed by atoms with E-state index >= 15 is 0 Å². The fourth-order valence-corrected chi connectivity index (χ4v) is 4.44. The van der Waals surface area contributed by atoms with Gasteiger partial charge in [-0.1, -0.05) is 37.4 Å². The molecule has 27 heavy (non-hydrogen) atoms. The molecule has 3 nitrogen and oxygen atoms in total. The predicted octanol–water partition coefficient (Wildman–Crippen LogP) is 4.68. The summed E-state index contributed by atoms with van der Waals surface area (Å²) in [5.41, 5.74) is 2.90. The van der Waals surface area contributed by atoms with Crippen LogP contribution >= 0.6 is 11.8 Å². The Balaban J connectivity index is 1.91. The van der Waals surface area contributed by atoms with Crippen LogP contribution in [0.15, 0.2) is 60.7 Å². The van der Waals surface area contributed by atoms with Gasteiger partial charge in [-0.05, 0) is 54.4 Å². The minimum absolute atomic E-state index is 0.00587. The molecule has 1 aromatic rings. The molecule has 1 amide bonds. The molecular formula is C22H26FNO2S. The van der Waals surface area contributed by atoms with Crippen molar-refractivity contribution in [3.63, 3.8) is 0 Å². The first-order valence-corrected chi connectivity index (χ1v) is 10.6. The lowest BCUT2D eigenvalue weighted by molar-refractivity contribution is -0.148. The number of allylic oxidation sites excluding steroid dienone is 1. The van der Waals surface area contributed by atoms with Gasteiger partial charge in [0.05, 0.1) is 12.6 Å². The van der Waals surface area contributed by atoms with Crippen molar-refractivity contribution < 1.29 is 13.9 Å². The van der Waals surface area contributed by atoms with Gasteiger partial charge in [-0.3, -0.25) is 4.79 Å². The van der Waals surface area contributed by atoms with Crippen LogP contribution in [0.5, 0.6) is 0 Å². The SMILES string of the molecule is C=CC1=C(C=C)[C@H](c2ccc(F)cc2)N(C(=O)[C@H]2CCC(SC)CO2)CC1. The summed E-state index contributed by atoms with van der Waals surface area (Å²) in [4.78, 5) is 15.2. The number of amides is 1. The number of carbonyl (C=O) groups excluding carboxylic acids is 1. The summed E-state index contributed by atoms with van der Waals surface area (Å²) in [6, 6.07) is 6.05. The number of carbonyl (C=O) groups is 1. The summed E-state index contributed by atoms with van der Waals surface area (Å²) in [5.74, 6) is -0.287. The van der Waals surface area contributed by atoms with Crippen LogP contribution in [0, 0.1) is 5.82 Å². The van der Waals surface area contributed by atoms with Crippen molar-refractivity contribution in [2.24, 2.45) is 0 Å². The van der Waals surface area contributed by atoms with E-state index in [1.54, 1.807) is 30.0 Å². The number of benzene rings is 1. The zero-order valence-electron chi connectivity index (χ0n) is 15.7. The topological polar surface area (TPSA) is 29.5 Å². The predicted molar refractivity (Wildman–Crippen MR) is 109 cm³/mol. The Kier molecular flexibility index (Phi) is 6.55. The lowest BCUT2D eigenvalue weighted by atomic mass is 9.87. The minimum atomic E-state index is -0.410. The average Bonchev–Trinajstić information content (AvgIpc) is 2.72. The average molecular weight is 388 g/mol. The van der Waals surface area contributed by atoms with Crippen molar-refractivity contribution in [3.8, 4) is 0 Å². The molecule has 0 N–H and O–H groups in total. The highest BCUT2D eigenvalue weighted by molar-refractivity contribution is 7.99. The summed E-state index contributed by atoms with van der Waals surface area (Å²) < 4.78 is 19.3. The maximum Gasteiger partial charge on any atom is 0.252 e. The monoisotopic (exact) mass is 387 g/mol. The zero-order valence-corrected chi connectivity index (χ0v) is 16.5. The van der Waals surface area contributed by atoms with Gasteiger partial charge in [-0.25, -0.2) is 4.39 Å². The fraction of sp³-hybridized carbons (Fsp3) is 0.409. The highest BCUT2D eigenvalue weighted by Gasteiger charge is 2.37. The maximum atomic E-state index is 13.4. The Morgan fingerprint density at radius 1 is 1.26 bits per heavy atom. The highest BCUT2D eigenvalue weighted by Crippen LogP contribution is 2.38. The van der Waals surface area contributed by atoms with Crippen LogP contribution in [0.4, 0.5) is 4.39 Å². The van der Waals surface area contributed by atoms with Crippen molar-refractivity contribution in [1.82, 2.24) is 4.90 Å². The zero-order chi connectivity index (χ0) is 19.4. The molecule has 2 heterocycles. The van der Waals surface area contributed by atoms with E-state index in [4.69, 9.17) is 4.74 Å². The largest absolute Gasteiger partial charge is 0.367 e. The van der Waals surface area contributed by atoms with E-state index < -0.39 is 6.10 Å². The maximum absolute atomic E-state index is 13.4. The third-order valence-corrected chi connectivity index (χ3v) is 6.42. The summed E-state index contributed by atoms with van der Waals surface area (Å²) in [6.45, 7) is 9.05. The first-order valence-electron chi connectivity index (χ1n) is 9.27. The van der Waals surface area contributed by atoms with Gasteiger partial charge in [0, 0.05) is 11.8 Å². The quantitative estimate of drug-likeness (QED) is 0.735. The molecule has 5 heteroatoms. The van der Waals surface area contributed by atoms with Crippen LogP contribution in [0.25, 0.3) is 0 Å². The van der Waals surface area contributed by atoms with Gasteiger partial charge >= 0.3 is 0 Å². The molecule has 0 aromatic heterocycles. The molecule has 1 fully saturated rings. The summed E-state index contributed by atoms with van der Waals surface area (Å²) in [6.07, 6.45) is 7.73. The standard InChI is InChI=1S/C22H26FNO2S/c1-4-15-12-13-24(22(25)20-11-10-18(27-3)14-26-20)21(19(15)5-2)16-6-8-17(23)9-7-16/h4-9,18,20-21H,1-2,10-14H2,3H3/t18?,20-,21+/m1/s1. The van der Waals surface area contributed by atoms with Crippen LogP contribution in [0.3, 0.4) is 0 Å². The third-order valence-electron chi connectivity index (χ3n) is 5.38. The van der Waals surface area contributed by atoms with E-state index in [1.807, 2.05) is 11.0 Å². The number of thioether (sulfide) groups is 1. The van der Waals surface area contributed by atoms with Crippen molar-refractivity contribution in [1.29, 1.82) is 0 Å². The second-order valence-corrected chi connectivity index (χ2v) is 8.02. The van der Waals surface area contributed by atoms with Gasteiger partial charge in [0.15, 0.2) is 0 Å². The molecule has 1 aromatic carbocycles. The minimum Gasteiger partial charge on any atom is -0.367 e. The van der Waals surface area contributed by atoms with Gasteiger partial charge < -0.3 is 9.64 Å². The highest BCUT2D eigenvalue weighted by atomic mass is 32.2. The summed E-state index contributed by atoms with van der Waals surface area (Å²) in [5, 5.41) is 0.458. The second kappa shape index (κ2) is 8.89. The second-order valence-electron chi connectivity index (χ2n) is 6.88. The molecule has 1 saturated heterocycles. The molecule has 2 aliphatic heterocycles. The van der Waals surface area contributed by atoms with Crippen molar-refractivity contribution in [3.05, 3.63) is 72.1 Å². The van der Waals surface area contributed by atoms with Gasteiger partial charge in [-0.15, -0.1) is 0 Å². The lowest BCUT2D eigenvalue weighted by Crippen LogP contribution is -2.47. The number of rotatable bonds is 5. The normalized spacial score (nSPS) is 26.0. The lowest BCUT2D eigenvalue weighted by Gasteiger charge is -2.40. The Morgan fingerprint density at radius 2 is 2.00 bits per heavy atom. The van der Waals surface area contributed by atoms with E-state index in [0.717, 1.165) is 36.0 Å². The first-order chi connectivity index (χ1) is 13.1. The van der Waals surface area contributed by atoms with E-state index in [1.165, 1.54) is 12.1 Å². The van der Waals surface area contributed by atoms with Crippen LogP contribution in [-0.2, 0) is 9.53 Å². The number of hydrogen-bond donors (Lipinski definition) is 0. The van der Waals surface area contributed by atoms with Gasteiger partial charge in [0.2, 0.25) is 0 Å². The van der Waals surface area contributed by atoms with E-state index in [2.05, 4.69) is 19.4 Å². The molecular weight excluding hydrogens is 361 g/mol. The van der Waals surface area contributed by atoms with E-state index in [-0.39, 0.29) is 17.8 Å². The Labute approximate surface area is 165 Å². The fourth-order valence-electron chi connectivity index (χ4n) is 3.86. The van der Waals surface area contributed by atoms with Crippen LogP contribution in [0.2, 0.25) is 0 Å².